The van der Waals surface area contributed by atoms with Crippen molar-refractivity contribution >= 4 is 17.9 Å². The number of nitrogens with zero attached hydrogens (tertiary/aromatic N) is 2. The highest BCUT2D eigenvalue weighted by atomic mass is 16.5. The maximum Gasteiger partial charge on any atom is 0.262 e. The molecule has 0 saturated heterocycles. The van der Waals surface area contributed by atoms with Crippen LogP contribution in [-0.2, 0) is 9.59 Å². The van der Waals surface area contributed by atoms with Crippen LogP contribution in [0.5, 0.6) is 11.5 Å². The van der Waals surface area contributed by atoms with Gasteiger partial charge in [0, 0.05) is 19.1 Å². The van der Waals surface area contributed by atoms with Crippen LogP contribution in [0, 0.1) is 11.3 Å². The second-order valence-corrected chi connectivity index (χ2v) is 7.24. The number of carbonyl (C=O) groups excluding carboxylic acids is 2. The van der Waals surface area contributed by atoms with E-state index in [0.717, 1.165) is 25.7 Å². The van der Waals surface area contributed by atoms with Crippen LogP contribution in [0.25, 0.3) is 6.08 Å². The van der Waals surface area contributed by atoms with E-state index in [1.165, 1.54) is 19.6 Å². The Labute approximate surface area is 178 Å². The Hall–Kier alpha value is -3.01. The first-order valence-electron chi connectivity index (χ1n) is 10.5. The van der Waals surface area contributed by atoms with Gasteiger partial charge in [-0.1, -0.05) is 25.3 Å². The fourth-order valence-corrected chi connectivity index (χ4v) is 3.53. The molecule has 0 aliphatic heterocycles. The second-order valence-electron chi connectivity index (χ2n) is 7.24. The Balaban J connectivity index is 2.08. The number of methoxy groups -OCH3 is 1. The van der Waals surface area contributed by atoms with Crippen LogP contribution in [0.15, 0.2) is 23.8 Å². The molecule has 7 heteroatoms. The summed E-state index contributed by atoms with van der Waals surface area (Å²) in [7, 11) is 1.50. The van der Waals surface area contributed by atoms with Gasteiger partial charge >= 0.3 is 0 Å². The standard InChI is InChI=1S/C23H31N3O4/c1-4-26(5-2)22(27)16-30-20-12-11-17(14-21(20)29-3)13-18(15-24)23(28)25-19-9-7-6-8-10-19/h11-14,19H,4-10,16H2,1-3H3,(H,25,28). The molecule has 1 aromatic carbocycles. The van der Waals surface area contributed by atoms with Gasteiger partial charge in [0.15, 0.2) is 18.1 Å². The minimum absolute atomic E-state index is 0.0491. The smallest absolute Gasteiger partial charge is 0.262 e. The molecule has 162 valence electrons. The summed E-state index contributed by atoms with van der Waals surface area (Å²) in [5.74, 6) is 0.409. The van der Waals surface area contributed by atoms with E-state index in [4.69, 9.17) is 9.47 Å². The van der Waals surface area contributed by atoms with E-state index in [0.29, 0.717) is 30.2 Å². The van der Waals surface area contributed by atoms with Crippen molar-refractivity contribution in [1.29, 1.82) is 5.26 Å². The SMILES string of the molecule is CCN(CC)C(=O)COc1ccc(C=C(C#N)C(=O)NC2CCCCC2)cc1OC. The van der Waals surface area contributed by atoms with E-state index in [9.17, 15) is 14.9 Å². The third-order valence-corrected chi connectivity index (χ3v) is 5.27. The zero-order valence-corrected chi connectivity index (χ0v) is 18.1. The van der Waals surface area contributed by atoms with E-state index in [1.807, 2.05) is 19.9 Å². The van der Waals surface area contributed by atoms with Gasteiger partial charge < -0.3 is 19.7 Å². The molecule has 30 heavy (non-hydrogen) atoms. The Morgan fingerprint density at radius 3 is 2.50 bits per heavy atom. The largest absolute Gasteiger partial charge is 0.493 e. The molecule has 7 nitrogen and oxygen atoms in total. The van der Waals surface area contributed by atoms with Gasteiger partial charge in [-0.05, 0) is 50.5 Å². The van der Waals surface area contributed by atoms with Crippen LogP contribution in [0.4, 0.5) is 0 Å². The maximum absolute atomic E-state index is 12.5. The van der Waals surface area contributed by atoms with Gasteiger partial charge in [-0.2, -0.15) is 5.26 Å². The summed E-state index contributed by atoms with van der Waals surface area (Å²) in [5, 5.41) is 12.4. The fraction of sp³-hybridized carbons (Fsp3) is 0.522. The van der Waals surface area contributed by atoms with Crippen molar-refractivity contribution < 1.29 is 19.1 Å². The molecule has 1 fully saturated rings. The molecule has 0 radical (unpaired) electrons. The summed E-state index contributed by atoms with van der Waals surface area (Å²) < 4.78 is 11.0. The highest BCUT2D eigenvalue weighted by Gasteiger charge is 2.18. The molecule has 0 bridgehead atoms. The van der Waals surface area contributed by atoms with Crippen molar-refractivity contribution in [2.75, 3.05) is 26.8 Å². The number of nitriles is 1. The van der Waals surface area contributed by atoms with Crippen molar-refractivity contribution in [2.24, 2.45) is 0 Å². The van der Waals surface area contributed by atoms with Crippen molar-refractivity contribution in [3.63, 3.8) is 0 Å². The molecule has 0 aromatic heterocycles. The summed E-state index contributed by atoms with van der Waals surface area (Å²) in [6, 6.07) is 7.20. The van der Waals surface area contributed by atoms with Crippen LogP contribution >= 0.6 is 0 Å². The molecule has 2 rings (SSSR count). The third kappa shape index (κ3) is 6.51. The average Bonchev–Trinajstić information content (AvgIpc) is 2.77. The molecule has 0 heterocycles. The van der Waals surface area contributed by atoms with Gasteiger partial charge in [0.25, 0.3) is 11.8 Å². The number of hydrogen-bond acceptors (Lipinski definition) is 5. The molecule has 1 aromatic rings. The molecule has 1 N–H and O–H groups in total. The lowest BCUT2D eigenvalue weighted by atomic mass is 9.95. The van der Waals surface area contributed by atoms with Crippen LogP contribution in [-0.4, -0.2) is 49.6 Å². The molecule has 0 unspecified atom stereocenters. The van der Waals surface area contributed by atoms with Gasteiger partial charge in [0.1, 0.15) is 11.6 Å². The summed E-state index contributed by atoms with van der Waals surface area (Å²) in [6.45, 7) is 5.00. The average molecular weight is 414 g/mol. The number of benzene rings is 1. The predicted octanol–water partition coefficient (Wildman–Crippen LogP) is 3.30. The zero-order chi connectivity index (χ0) is 21.9. The highest BCUT2D eigenvalue weighted by molar-refractivity contribution is 6.01. The van der Waals surface area contributed by atoms with Crippen molar-refractivity contribution in [3.8, 4) is 17.6 Å². The minimum atomic E-state index is -0.353. The third-order valence-electron chi connectivity index (χ3n) is 5.27. The lowest BCUT2D eigenvalue weighted by Gasteiger charge is -2.22. The highest BCUT2D eigenvalue weighted by Crippen LogP contribution is 2.29. The second kappa shape index (κ2) is 11.9. The monoisotopic (exact) mass is 413 g/mol. The quantitative estimate of drug-likeness (QED) is 0.495. The van der Waals surface area contributed by atoms with Crippen molar-refractivity contribution in [3.05, 3.63) is 29.3 Å². The number of carbonyl (C=O) groups is 2. The number of likely N-dealkylation sites (N-methyl/N-ethyl adjacent to an activating group) is 1. The number of nitrogens with one attached hydrogen (secondary N) is 1. The molecule has 1 saturated carbocycles. The Morgan fingerprint density at radius 2 is 1.90 bits per heavy atom. The zero-order valence-electron chi connectivity index (χ0n) is 18.1. The van der Waals surface area contributed by atoms with Gasteiger partial charge in [-0.15, -0.1) is 0 Å². The summed E-state index contributed by atoms with van der Waals surface area (Å²) in [4.78, 5) is 26.3. The molecule has 0 atom stereocenters. The minimum Gasteiger partial charge on any atom is -0.493 e. The number of amides is 2. The van der Waals surface area contributed by atoms with Crippen LogP contribution in [0.1, 0.15) is 51.5 Å². The number of ether oxygens (including phenoxy) is 2. The summed E-state index contributed by atoms with van der Waals surface area (Å²) >= 11 is 0. The van der Waals surface area contributed by atoms with E-state index in [1.54, 1.807) is 23.1 Å². The van der Waals surface area contributed by atoms with Crippen molar-refractivity contribution in [1.82, 2.24) is 10.2 Å². The van der Waals surface area contributed by atoms with Crippen LogP contribution in [0.2, 0.25) is 0 Å². The fourth-order valence-electron chi connectivity index (χ4n) is 3.53. The van der Waals surface area contributed by atoms with E-state index >= 15 is 0 Å². The molecule has 1 aliphatic carbocycles. The maximum atomic E-state index is 12.5. The van der Waals surface area contributed by atoms with Gasteiger partial charge in [0.2, 0.25) is 0 Å². The first-order chi connectivity index (χ1) is 14.5. The lowest BCUT2D eigenvalue weighted by molar-refractivity contribution is -0.133. The van der Waals surface area contributed by atoms with E-state index in [-0.39, 0.29) is 30.0 Å². The van der Waals surface area contributed by atoms with Crippen molar-refractivity contribution in [2.45, 2.75) is 52.0 Å². The number of rotatable bonds is 9. The molecular formula is C23H31N3O4. The normalized spacial score (nSPS) is 14.5. The topological polar surface area (TPSA) is 91.7 Å². The van der Waals surface area contributed by atoms with E-state index < -0.39 is 0 Å². The summed E-state index contributed by atoms with van der Waals surface area (Å²) in [5.41, 5.74) is 0.692. The first kappa shape index (κ1) is 23.3. The Kier molecular flexibility index (Phi) is 9.20. The molecule has 0 spiro atoms. The van der Waals surface area contributed by atoms with Gasteiger partial charge in [-0.25, -0.2) is 0 Å². The van der Waals surface area contributed by atoms with Gasteiger partial charge in [0.05, 0.1) is 7.11 Å². The Bertz CT molecular complexity index is 803. The van der Waals surface area contributed by atoms with E-state index in [2.05, 4.69) is 5.32 Å². The van der Waals surface area contributed by atoms with Gasteiger partial charge in [-0.3, -0.25) is 9.59 Å². The predicted molar refractivity (Wildman–Crippen MR) is 115 cm³/mol. The molecule has 1 aliphatic rings. The Morgan fingerprint density at radius 1 is 1.20 bits per heavy atom. The molecular weight excluding hydrogens is 382 g/mol. The van der Waals surface area contributed by atoms with Crippen LogP contribution in [0.3, 0.4) is 0 Å². The first-order valence-corrected chi connectivity index (χ1v) is 10.5. The lowest BCUT2D eigenvalue weighted by Crippen LogP contribution is -2.36. The summed E-state index contributed by atoms with van der Waals surface area (Å²) in [6.07, 6.45) is 6.85. The number of hydrogen-bond donors (Lipinski definition) is 1. The molecule has 2 amide bonds. The van der Waals surface area contributed by atoms with Crippen LogP contribution < -0.4 is 14.8 Å².